The van der Waals surface area contributed by atoms with Crippen molar-refractivity contribution in [1.82, 2.24) is 4.57 Å². The summed E-state index contributed by atoms with van der Waals surface area (Å²) in [6.07, 6.45) is 0. The van der Waals surface area contributed by atoms with Gasteiger partial charge in [-0.25, -0.2) is 0 Å². The van der Waals surface area contributed by atoms with Crippen molar-refractivity contribution >= 4 is 38.9 Å². The Labute approximate surface area is 438 Å². The first kappa shape index (κ1) is 44.0. The maximum atomic E-state index is 2.47. The van der Waals surface area contributed by atoms with Gasteiger partial charge in [0.05, 0.1) is 22.1 Å². The highest BCUT2D eigenvalue weighted by atomic mass is 15.1. The predicted molar refractivity (Wildman–Crippen MR) is 315 cm³/mol. The Bertz CT molecular complexity index is 4100. The van der Waals surface area contributed by atoms with Gasteiger partial charge < -0.3 is 9.47 Å². The maximum Gasteiger partial charge on any atom is 0.0713 e. The van der Waals surface area contributed by atoms with Crippen LogP contribution in [0.25, 0.3) is 83.1 Å². The van der Waals surface area contributed by atoms with Gasteiger partial charge in [0, 0.05) is 33.4 Å². The molecule has 13 aromatic rings. The molecule has 2 nitrogen and oxygen atoms in total. The molecule has 0 aliphatic heterocycles. The average molecular weight is 955 g/mol. The van der Waals surface area contributed by atoms with Crippen molar-refractivity contribution in [2.45, 2.75) is 5.41 Å². The second-order valence-corrected chi connectivity index (χ2v) is 19.6. The van der Waals surface area contributed by atoms with Crippen molar-refractivity contribution < 1.29 is 0 Å². The van der Waals surface area contributed by atoms with Gasteiger partial charge in [-0.15, -0.1) is 0 Å². The van der Waals surface area contributed by atoms with E-state index >= 15 is 0 Å². The number of para-hydroxylation sites is 3. The zero-order valence-corrected chi connectivity index (χ0v) is 41.3. The van der Waals surface area contributed by atoms with Crippen LogP contribution < -0.4 is 4.90 Å². The predicted octanol–water partition coefficient (Wildman–Crippen LogP) is 19.3. The average Bonchev–Trinajstić information content (AvgIpc) is 3.99. The first-order valence-electron chi connectivity index (χ1n) is 25.9. The van der Waals surface area contributed by atoms with Crippen LogP contribution >= 0.6 is 0 Å². The standard InChI is InChI=1S/C73H50N2/c1-6-22-51(23-7-1)56-46-57(52-24-8-2-9-25-52)48-62(47-56)74(60-30-14-5-15-31-60)70-36-20-17-32-63(70)54-40-38-53(39-41-54)55-42-44-66-65-34-18-21-37-71(65)75(72(66)49-55)61-43-45-69-67(50-61)64-33-16-19-35-68(64)73(69,58-26-10-3-11-27-58)59-28-12-4-13-29-59/h1-50H. The summed E-state index contributed by atoms with van der Waals surface area (Å²) in [4.78, 5) is 2.41. The minimum Gasteiger partial charge on any atom is -0.310 e. The third-order valence-corrected chi connectivity index (χ3v) is 15.5. The van der Waals surface area contributed by atoms with E-state index < -0.39 is 5.41 Å². The van der Waals surface area contributed by atoms with E-state index in [-0.39, 0.29) is 0 Å². The molecular weight excluding hydrogens is 905 g/mol. The second-order valence-electron chi connectivity index (χ2n) is 19.6. The quantitative estimate of drug-likeness (QED) is 0.133. The van der Waals surface area contributed by atoms with Gasteiger partial charge in [0.1, 0.15) is 0 Å². The van der Waals surface area contributed by atoms with Crippen molar-refractivity contribution in [3.63, 3.8) is 0 Å². The summed E-state index contributed by atoms with van der Waals surface area (Å²) in [6.45, 7) is 0. The largest absolute Gasteiger partial charge is 0.310 e. The summed E-state index contributed by atoms with van der Waals surface area (Å²) < 4.78 is 2.47. The Balaban J connectivity index is 0.878. The van der Waals surface area contributed by atoms with E-state index in [2.05, 4.69) is 313 Å². The fraction of sp³-hybridized carbons (Fsp3) is 0.0137. The first-order valence-corrected chi connectivity index (χ1v) is 25.9. The molecule has 14 rings (SSSR count). The minimum atomic E-state index is -0.452. The fourth-order valence-corrected chi connectivity index (χ4v) is 12.1. The van der Waals surface area contributed by atoms with Crippen molar-refractivity contribution in [3.05, 3.63) is 326 Å². The van der Waals surface area contributed by atoms with Crippen LogP contribution in [0.15, 0.2) is 303 Å². The lowest BCUT2D eigenvalue weighted by Crippen LogP contribution is -2.28. The maximum absolute atomic E-state index is 2.47. The van der Waals surface area contributed by atoms with Gasteiger partial charge >= 0.3 is 0 Å². The molecule has 0 atom stereocenters. The van der Waals surface area contributed by atoms with Gasteiger partial charge in [-0.2, -0.15) is 0 Å². The first-order chi connectivity index (χ1) is 37.2. The summed E-state index contributed by atoms with van der Waals surface area (Å²) in [7, 11) is 0. The van der Waals surface area contributed by atoms with Gasteiger partial charge in [0.15, 0.2) is 0 Å². The zero-order valence-electron chi connectivity index (χ0n) is 41.3. The lowest BCUT2D eigenvalue weighted by molar-refractivity contribution is 0.768. The second kappa shape index (κ2) is 18.4. The Morgan fingerprint density at radius 1 is 0.267 bits per heavy atom. The van der Waals surface area contributed by atoms with Crippen LogP contribution in [0.1, 0.15) is 22.3 Å². The molecule has 0 fully saturated rings. The van der Waals surface area contributed by atoms with Crippen molar-refractivity contribution in [1.29, 1.82) is 0 Å². The number of nitrogens with zero attached hydrogens (tertiary/aromatic N) is 2. The smallest absolute Gasteiger partial charge is 0.0713 e. The van der Waals surface area contributed by atoms with Crippen LogP contribution in [0.3, 0.4) is 0 Å². The summed E-state index contributed by atoms with van der Waals surface area (Å²) in [5, 5.41) is 2.47. The van der Waals surface area contributed by atoms with Crippen LogP contribution in [-0.4, -0.2) is 4.57 Å². The molecule has 0 unspecified atom stereocenters. The SMILES string of the molecule is c1ccc(-c2cc(-c3ccccc3)cc(N(c3ccccc3)c3ccccc3-c3ccc(-c4ccc5c6ccccc6n(-c6ccc7c(c6)-c6ccccc6C7(c6ccccc6)c6ccccc6)c5c4)cc3)c2)cc1. The highest BCUT2D eigenvalue weighted by molar-refractivity contribution is 6.10. The third kappa shape index (κ3) is 7.41. The van der Waals surface area contributed by atoms with E-state index in [1.807, 2.05) is 0 Å². The number of hydrogen-bond donors (Lipinski definition) is 0. The topological polar surface area (TPSA) is 8.17 Å². The van der Waals surface area contributed by atoms with Gasteiger partial charge in [-0.1, -0.05) is 243 Å². The Morgan fingerprint density at radius 3 is 1.43 bits per heavy atom. The molecule has 0 radical (unpaired) electrons. The summed E-state index contributed by atoms with van der Waals surface area (Å²) in [5.74, 6) is 0. The molecule has 1 aliphatic rings. The number of benzene rings is 12. The molecule has 0 amide bonds. The number of rotatable bonds is 10. The Hall–Kier alpha value is -9.76. The summed E-state index contributed by atoms with van der Waals surface area (Å²) in [5.41, 5.74) is 23.4. The van der Waals surface area contributed by atoms with Crippen LogP contribution in [0.2, 0.25) is 0 Å². The zero-order chi connectivity index (χ0) is 49.7. The van der Waals surface area contributed by atoms with E-state index in [0.29, 0.717) is 0 Å². The van der Waals surface area contributed by atoms with Crippen LogP contribution in [0, 0.1) is 0 Å². The highest BCUT2D eigenvalue weighted by Gasteiger charge is 2.46. The highest BCUT2D eigenvalue weighted by Crippen LogP contribution is 2.56. The lowest BCUT2D eigenvalue weighted by atomic mass is 9.68. The molecule has 1 heterocycles. The lowest BCUT2D eigenvalue weighted by Gasteiger charge is -2.33. The molecule has 0 spiro atoms. The molecule has 0 saturated heterocycles. The molecule has 0 saturated carbocycles. The molecule has 352 valence electrons. The van der Waals surface area contributed by atoms with Crippen LogP contribution in [0.5, 0.6) is 0 Å². The van der Waals surface area contributed by atoms with E-state index in [9.17, 15) is 0 Å². The van der Waals surface area contributed by atoms with E-state index in [0.717, 1.165) is 39.4 Å². The van der Waals surface area contributed by atoms with Gasteiger partial charge in [0.25, 0.3) is 0 Å². The molecular formula is C73H50N2. The van der Waals surface area contributed by atoms with E-state index in [4.69, 9.17) is 0 Å². The normalized spacial score (nSPS) is 12.4. The third-order valence-electron chi connectivity index (χ3n) is 15.5. The van der Waals surface area contributed by atoms with Gasteiger partial charge in [0.2, 0.25) is 0 Å². The number of anilines is 3. The van der Waals surface area contributed by atoms with Crippen molar-refractivity contribution in [2.75, 3.05) is 4.90 Å². The summed E-state index contributed by atoms with van der Waals surface area (Å²) >= 11 is 0. The monoisotopic (exact) mass is 954 g/mol. The van der Waals surface area contributed by atoms with E-state index in [1.165, 1.54) is 83.0 Å². The molecule has 0 bridgehead atoms. The molecule has 1 aromatic heterocycles. The number of aromatic nitrogens is 1. The van der Waals surface area contributed by atoms with Gasteiger partial charge in [-0.3, -0.25) is 0 Å². The molecule has 12 aromatic carbocycles. The van der Waals surface area contributed by atoms with Crippen molar-refractivity contribution in [2.24, 2.45) is 0 Å². The van der Waals surface area contributed by atoms with Crippen LogP contribution in [0.4, 0.5) is 17.1 Å². The number of fused-ring (bicyclic) bond motifs is 6. The fourth-order valence-electron chi connectivity index (χ4n) is 12.1. The molecule has 1 aliphatic carbocycles. The Kier molecular flexibility index (Phi) is 10.8. The minimum absolute atomic E-state index is 0.452. The van der Waals surface area contributed by atoms with Crippen molar-refractivity contribution in [3.8, 4) is 61.3 Å². The van der Waals surface area contributed by atoms with Gasteiger partial charge in [-0.05, 0) is 133 Å². The Morgan fingerprint density at radius 2 is 0.760 bits per heavy atom. The van der Waals surface area contributed by atoms with E-state index in [1.54, 1.807) is 0 Å². The summed E-state index contributed by atoms with van der Waals surface area (Å²) in [6, 6.07) is 111. The molecule has 0 N–H and O–H groups in total. The number of hydrogen-bond acceptors (Lipinski definition) is 1. The molecule has 2 heteroatoms. The van der Waals surface area contributed by atoms with Crippen LogP contribution in [-0.2, 0) is 5.41 Å². The molecule has 75 heavy (non-hydrogen) atoms.